The Kier molecular flexibility index (Phi) is 5.32. The minimum atomic E-state index is -1.02. The van der Waals surface area contributed by atoms with Crippen LogP contribution in [0.5, 0.6) is 0 Å². The van der Waals surface area contributed by atoms with Crippen molar-refractivity contribution in [2.24, 2.45) is 0 Å². The van der Waals surface area contributed by atoms with E-state index in [-0.39, 0.29) is 18.1 Å². The molecule has 0 saturated carbocycles. The van der Waals surface area contributed by atoms with Crippen LogP contribution in [-0.2, 0) is 17.6 Å². The number of aromatic nitrogens is 1. The van der Waals surface area contributed by atoms with Gasteiger partial charge >= 0.3 is 5.97 Å². The summed E-state index contributed by atoms with van der Waals surface area (Å²) < 4.78 is 5.23. The van der Waals surface area contributed by atoms with Crippen LogP contribution in [-0.4, -0.2) is 40.0 Å². The number of hydrogen-bond acceptors (Lipinski definition) is 5. The van der Waals surface area contributed by atoms with Crippen LogP contribution in [0.15, 0.2) is 22.3 Å². The van der Waals surface area contributed by atoms with Crippen molar-refractivity contribution < 1.29 is 19.1 Å². The normalized spacial score (nSPS) is 10.6. The van der Waals surface area contributed by atoms with Gasteiger partial charge in [0.25, 0.3) is 5.91 Å². The number of likely N-dealkylation sites (N-methyl/N-ethyl adjacent to an activating group) is 1. The van der Waals surface area contributed by atoms with Gasteiger partial charge in [-0.2, -0.15) is 0 Å². The van der Waals surface area contributed by atoms with Crippen molar-refractivity contribution in [2.75, 3.05) is 13.1 Å². The van der Waals surface area contributed by atoms with Gasteiger partial charge in [0.2, 0.25) is 0 Å². The fourth-order valence-corrected chi connectivity index (χ4v) is 2.83. The number of carbonyl (C=O) groups excluding carboxylic acids is 1. The van der Waals surface area contributed by atoms with Gasteiger partial charge in [-0.1, -0.05) is 0 Å². The molecule has 0 aromatic carbocycles. The summed E-state index contributed by atoms with van der Waals surface area (Å²) in [5.74, 6) is -1.00. The second-order valence-electron chi connectivity index (χ2n) is 4.85. The number of nitrogens with zero attached hydrogens (tertiary/aromatic N) is 2. The van der Waals surface area contributed by atoms with E-state index < -0.39 is 5.97 Å². The van der Waals surface area contributed by atoms with E-state index in [0.717, 1.165) is 5.01 Å². The number of carboxylic acids is 1. The number of aliphatic carboxylic acids is 1. The lowest BCUT2D eigenvalue weighted by Gasteiger charge is -2.20. The number of carboxylic acid groups (broad SMARTS) is 1. The monoisotopic (exact) mass is 322 g/mol. The summed E-state index contributed by atoms with van der Waals surface area (Å²) in [6.07, 6.45) is 3.56. The molecule has 2 heterocycles. The Labute approximate surface area is 132 Å². The molecule has 2 aromatic heterocycles. The summed E-state index contributed by atoms with van der Waals surface area (Å²) >= 11 is 1.55. The molecule has 22 heavy (non-hydrogen) atoms. The average Bonchev–Trinajstić information content (AvgIpc) is 3.09. The molecule has 7 heteroatoms. The van der Waals surface area contributed by atoms with Crippen molar-refractivity contribution >= 4 is 23.2 Å². The second-order valence-corrected chi connectivity index (χ2v) is 5.83. The molecule has 0 aliphatic rings. The number of thiazole rings is 1. The Bertz CT molecular complexity index is 649. The zero-order valence-corrected chi connectivity index (χ0v) is 13.4. The summed E-state index contributed by atoms with van der Waals surface area (Å²) in [5.41, 5.74) is 1.03. The first kappa shape index (κ1) is 16.2. The highest BCUT2D eigenvalue weighted by Gasteiger charge is 2.24. The molecule has 1 amide bonds. The summed E-state index contributed by atoms with van der Waals surface area (Å²) in [6.45, 7) is 4.73. The Balaban J connectivity index is 2.14. The van der Waals surface area contributed by atoms with Crippen molar-refractivity contribution in [3.63, 3.8) is 0 Å². The molecule has 0 spiro atoms. The van der Waals surface area contributed by atoms with Gasteiger partial charge in [0.05, 0.1) is 16.8 Å². The minimum Gasteiger partial charge on any atom is -0.481 e. The molecule has 1 N–H and O–H groups in total. The van der Waals surface area contributed by atoms with Crippen LogP contribution in [0.4, 0.5) is 0 Å². The molecule has 0 aliphatic heterocycles. The lowest BCUT2D eigenvalue weighted by molar-refractivity contribution is -0.136. The smallest absolute Gasteiger partial charge is 0.311 e. The highest BCUT2D eigenvalue weighted by Crippen LogP contribution is 2.20. The van der Waals surface area contributed by atoms with E-state index in [1.807, 2.05) is 12.3 Å². The third-order valence-corrected chi connectivity index (χ3v) is 4.16. The zero-order chi connectivity index (χ0) is 16.1. The van der Waals surface area contributed by atoms with Gasteiger partial charge in [0, 0.05) is 36.7 Å². The standard InChI is InChI=1S/C15H18N2O4S/c1-3-17(6-4-12-16-5-7-22-12)15(20)14-10(2)9-21-11(14)8-13(18)19/h5,7,9H,3-4,6,8H2,1-2H3,(H,18,19). The summed E-state index contributed by atoms with van der Waals surface area (Å²) in [6, 6.07) is 0. The third-order valence-electron chi connectivity index (χ3n) is 3.32. The van der Waals surface area contributed by atoms with Gasteiger partial charge in [-0.15, -0.1) is 11.3 Å². The number of furan rings is 1. The number of carbonyl (C=O) groups is 2. The van der Waals surface area contributed by atoms with Gasteiger partial charge in [0.1, 0.15) is 12.2 Å². The van der Waals surface area contributed by atoms with Crippen LogP contribution < -0.4 is 0 Å². The quantitative estimate of drug-likeness (QED) is 0.846. The van der Waals surface area contributed by atoms with Gasteiger partial charge < -0.3 is 14.4 Å². The summed E-state index contributed by atoms with van der Waals surface area (Å²) in [4.78, 5) is 29.4. The number of aryl methyl sites for hydroxylation is 1. The maximum atomic E-state index is 12.7. The molecule has 0 radical (unpaired) electrons. The summed E-state index contributed by atoms with van der Waals surface area (Å²) in [7, 11) is 0. The number of rotatable bonds is 7. The molecule has 0 saturated heterocycles. The third kappa shape index (κ3) is 3.73. The second kappa shape index (κ2) is 7.22. The molecular weight excluding hydrogens is 304 g/mol. The molecule has 0 fully saturated rings. The van der Waals surface area contributed by atoms with Gasteiger partial charge in [0.15, 0.2) is 0 Å². The van der Waals surface area contributed by atoms with E-state index in [2.05, 4.69) is 4.98 Å². The molecule has 2 rings (SSSR count). The van der Waals surface area contributed by atoms with Crippen LogP contribution in [0.2, 0.25) is 0 Å². The van der Waals surface area contributed by atoms with Crippen LogP contribution >= 0.6 is 11.3 Å². The lowest BCUT2D eigenvalue weighted by atomic mass is 10.1. The highest BCUT2D eigenvalue weighted by molar-refractivity contribution is 7.09. The van der Waals surface area contributed by atoms with Crippen molar-refractivity contribution in [1.82, 2.24) is 9.88 Å². The molecule has 0 bridgehead atoms. The SMILES string of the molecule is CCN(CCc1nccs1)C(=O)c1c(C)coc1CC(=O)O. The van der Waals surface area contributed by atoms with E-state index in [4.69, 9.17) is 9.52 Å². The van der Waals surface area contributed by atoms with Gasteiger partial charge in [-0.25, -0.2) is 4.98 Å². The minimum absolute atomic E-state index is 0.193. The topological polar surface area (TPSA) is 83.6 Å². The van der Waals surface area contributed by atoms with Crippen LogP contribution in [0.1, 0.15) is 33.6 Å². The van der Waals surface area contributed by atoms with Crippen LogP contribution in [0.3, 0.4) is 0 Å². The molecule has 2 aromatic rings. The maximum absolute atomic E-state index is 12.7. The first-order chi connectivity index (χ1) is 10.5. The van der Waals surface area contributed by atoms with Crippen molar-refractivity contribution in [2.45, 2.75) is 26.7 Å². The Hall–Kier alpha value is -2.15. The van der Waals surface area contributed by atoms with E-state index in [1.54, 1.807) is 29.4 Å². The maximum Gasteiger partial charge on any atom is 0.311 e. The Morgan fingerprint density at radius 2 is 2.23 bits per heavy atom. The Morgan fingerprint density at radius 1 is 1.45 bits per heavy atom. The fourth-order valence-electron chi connectivity index (χ4n) is 2.22. The molecule has 0 aliphatic carbocycles. The van der Waals surface area contributed by atoms with Crippen LogP contribution in [0.25, 0.3) is 0 Å². The largest absolute Gasteiger partial charge is 0.481 e. The first-order valence-electron chi connectivity index (χ1n) is 6.99. The first-order valence-corrected chi connectivity index (χ1v) is 7.87. The molecular formula is C15H18N2O4S. The zero-order valence-electron chi connectivity index (χ0n) is 12.5. The predicted octanol–water partition coefficient (Wildman–Crippen LogP) is 2.38. The van der Waals surface area contributed by atoms with E-state index in [0.29, 0.717) is 30.6 Å². The van der Waals surface area contributed by atoms with E-state index in [9.17, 15) is 9.59 Å². The molecule has 0 atom stereocenters. The molecule has 118 valence electrons. The predicted molar refractivity (Wildman–Crippen MR) is 82.2 cm³/mol. The Morgan fingerprint density at radius 3 is 2.82 bits per heavy atom. The number of hydrogen-bond donors (Lipinski definition) is 1. The van der Waals surface area contributed by atoms with E-state index in [1.165, 1.54) is 6.26 Å². The van der Waals surface area contributed by atoms with Crippen molar-refractivity contribution in [3.05, 3.63) is 39.7 Å². The lowest BCUT2D eigenvalue weighted by Crippen LogP contribution is -2.33. The fraction of sp³-hybridized carbons (Fsp3) is 0.400. The van der Waals surface area contributed by atoms with Crippen molar-refractivity contribution in [3.8, 4) is 0 Å². The number of amides is 1. The van der Waals surface area contributed by atoms with Crippen LogP contribution in [0, 0.1) is 6.92 Å². The average molecular weight is 322 g/mol. The van der Waals surface area contributed by atoms with Gasteiger partial charge in [-0.05, 0) is 13.8 Å². The highest BCUT2D eigenvalue weighted by atomic mass is 32.1. The summed E-state index contributed by atoms with van der Waals surface area (Å²) in [5, 5.41) is 11.8. The van der Waals surface area contributed by atoms with Gasteiger partial charge in [-0.3, -0.25) is 9.59 Å². The molecule has 6 nitrogen and oxygen atoms in total. The van der Waals surface area contributed by atoms with Crippen molar-refractivity contribution in [1.29, 1.82) is 0 Å². The molecule has 0 unspecified atom stereocenters. The van der Waals surface area contributed by atoms with E-state index >= 15 is 0 Å².